The maximum absolute atomic E-state index is 13.7. The largest absolute Gasteiger partial charge is 0.491 e. The molecule has 0 radical (unpaired) electrons. The standard InChI is InChI=1S/C13H14FN5O2/c1-2-21-11-4-3-8(5-9(11)14)18-13(20)10-6-17-12(19-15)7-16-10/h3-7H,2,15H2,1H3,(H,17,19)(H,18,20). The lowest BCUT2D eigenvalue weighted by Crippen LogP contribution is -2.15. The van der Waals surface area contributed by atoms with Gasteiger partial charge in [-0.2, -0.15) is 0 Å². The van der Waals surface area contributed by atoms with Crippen LogP contribution in [0.3, 0.4) is 0 Å². The Labute approximate surface area is 120 Å². The number of benzene rings is 1. The van der Waals surface area contributed by atoms with Gasteiger partial charge in [0, 0.05) is 11.8 Å². The number of anilines is 2. The van der Waals surface area contributed by atoms with Crippen molar-refractivity contribution < 1.29 is 13.9 Å². The van der Waals surface area contributed by atoms with E-state index in [2.05, 4.69) is 20.7 Å². The van der Waals surface area contributed by atoms with E-state index in [1.807, 2.05) is 0 Å². The number of nitrogens with two attached hydrogens (primary N) is 1. The summed E-state index contributed by atoms with van der Waals surface area (Å²) in [7, 11) is 0. The van der Waals surface area contributed by atoms with Crippen LogP contribution in [-0.4, -0.2) is 22.5 Å². The zero-order valence-corrected chi connectivity index (χ0v) is 11.3. The van der Waals surface area contributed by atoms with Crippen LogP contribution in [0.5, 0.6) is 5.75 Å². The maximum atomic E-state index is 13.7. The lowest BCUT2D eigenvalue weighted by Gasteiger charge is -2.08. The zero-order valence-electron chi connectivity index (χ0n) is 11.3. The molecule has 21 heavy (non-hydrogen) atoms. The van der Waals surface area contributed by atoms with E-state index in [0.717, 1.165) is 0 Å². The van der Waals surface area contributed by atoms with E-state index >= 15 is 0 Å². The second kappa shape index (κ2) is 6.62. The van der Waals surface area contributed by atoms with Crippen LogP contribution in [0.25, 0.3) is 0 Å². The lowest BCUT2D eigenvalue weighted by atomic mass is 10.2. The van der Waals surface area contributed by atoms with Crippen LogP contribution in [0.1, 0.15) is 17.4 Å². The highest BCUT2D eigenvalue weighted by Gasteiger charge is 2.10. The number of carbonyl (C=O) groups excluding carboxylic acids is 1. The minimum absolute atomic E-state index is 0.0864. The van der Waals surface area contributed by atoms with E-state index in [1.165, 1.54) is 30.6 Å². The second-order valence-electron chi connectivity index (χ2n) is 3.96. The summed E-state index contributed by atoms with van der Waals surface area (Å²) in [5.74, 6) is 4.56. The number of nitrogens with one attached hydrogen (secondary N) is 2. The molecule has 2 rings (SSSR count). The molecule has 0 bridgehead atoms. The second-order valence-corrected chi connectivity index (χ2v) is 3.96. The minimum Gasteiger partial charge on any atom is -0.491 e. The first kappa shape index (κ1) is 14.7. The Hall–Kier alpha value is -2.74. The molecule has 0 unspecified atom stereocenters. The van der Waals surface area contributed by atoms with Crippen molar-refractivity contribution in [1.82, 2.24) is 9.97 Å². The summed E-state index contributed by atoms with van der Waals surface area (Å²) in [6.07, 6.45) is 2.57. The fourth-order valence-electron chi connectivity index (χ4n) is 1.57. The molecule has 0 atom stereocenters. The van der Waals surface area contributed by atoms with Gasteiger partial charge < -0.3 is 15.5 Å². The predicted molar refractivity (Wildman–Crippen MR) is 75.4 cm³/mol. The number of amides is 1. The molecule has 0 fully saturated rings. The molecule has 0 aliphatic heterocycles. The molecule has 1 amide bonds. The number of hydrogen-bond acceptors (Lipinski definition) is 6. The van der Waals surface area contributed by atoms with E-state index in [4.69, 9.17) is 10.6 Å². The van der Waals surface area contributed by atoms with Gasteiger partial charge in [0.2, 0.25) is 0 Å². The third-order valence-corrected chi connectivity index (χ3v) is 2.52. The van der Waals surface area contributed by atoms with Crippen LogP contribution >= 0.6 is 0 Å². The predicted octanol–water partition coefficient (Wildman–Crippen LogP) is 1.55. The highest BCUT2D eigenvalue weighted by Crippen LogP contribution is 2.21. The molecule has 1 heterocycles. The van der Waals surface area contributed by atoms with Crippen molar-refractivity contribution >= 4 is 17.4 Å². The van der Waals surface area contributed by atoms with Gasteiger partial charge in [0.1, 0.15) is 5.69 Å². The number of nitrogens with zero attached hydrogens (tertiary/aromatic N) is 2. The Morgan fingerprint density at radius 2 is 2.19 bits per heavy atom. The first-order chi connectivity index (χ1) is 10.1. The van der Waals surface area contributed by atoms with Crippen LogP contribution in [0, 0.1) is 5.82 Å². The lowest BCUT2D eigenvalue weighted by molar-refractivity contribution is 0.102. The molecule has 0 spiro atoms. The van der Waals surface area contributed by atoms with Gasteiger partial charge in [0.25, 0.3) is 5.91 Å². The average Bonchev–Trinajstić information content (AvgIpc) is 2.50. The van der Waals surface area contributed by atoms with Crippen molar-refractivity contribution in [2.45, 2.75) is 6.92 Å². The molecule has 2 aromatic rings. The van der Waals surface area contributed by atoms with E-state index in [0.29, 0.717) is 18.1 Å². The third-order valence-electron chi connectivity index (χ3n) is 2.52. The van der Waals surface area contributed by atoms with Crippen molar-refractivity contribution in [3.8, 4) is 5.75 Å². The number of halogens is 1. The summed E-state index contributed by atoms with van der Waals surface area (Å²) in [6, 6.07) is 4.16. The molecular formula is C13H14FN5O2. The Balaban J connectivity index is 2.09. The van der Waals surface area contributed by atoms with Crippen LogP contribution < -0.4 is 21.3 Å². The number of ether oxygens (including phenoxy) is 1. The van der Waals surface area contributed by atoms with Crippen molar-refractivity contribution in [2.75, 3.05) is 17.3 Å². The summed E-state index contributed by atoms with van der Waals surface area (Å²) in [5, 5.41) is 2.52. The van der Waals surface area contributed by atoms with Gasteiger partial charge in [-0.25, -0.2) is 20.2 Å². The van der Waals surface area contributed by atoms with E-state index < -0.39 is 11.7 Å². The molecule has 110 valence electrons. The van der Waals surface area contributed by atoms with Gasteiger partial charge in [-0.1, -0.05) is 0 Å². The van der Waals surface area contributed by atoms with Crippen molar-refractivity contribution in [1.29, 1.82) is 0 Å². The highest BCUT2D eigenvalue weighted by atomic mass is 19.1. The Morgan fingerprint density at radius 1 is 1.38 bits per heavy atom. The maximum Gasteiger partial charge on any atom is 0.275 e. The normalized spacial score (nSPS) is 10.0. The van der Waals surface area contributed by atoms with Gasteiger partial charge in [0.05, 0.1) is 19.0 Å². The molecule has 0 saturated carbocycles. The summed E-state index contributed by atoms with van der Waals surface area (Å²) in [4.78, 5) is 19.7. The van der Waals surface area contributed by atoms with Gasteiger partial charge in [0.15, 0.2) is 17.4 Å². The topological polar surface area (TPSA) is 102 Å². The molecule has 0 aliphatic carbocycles. The Bertz CT molecular complexity index is 633. The zero-order chi connectivity index (χ0) is 15.2. The number of rotatable bonds is 5. The third kappa shape index (κ3) is 3.63. The smallest absolute Gasteiger partial charge is 0.275 e. The van der Waals surface area contributed by atoms with Gasteiger partial charge in [-0.05, 0) is 19.1 Å². The first-order valence-corrected chi connectivity index (χ1v) is 6.16. The van der Waals surface area contributed by atoms with Crippen molar-refractivity contribution in [3.63, 3.8) is 0 Å². The fourth-order valence-corrected chi connectivity index (χ4v) is 1.57. The van der Waals surface area contributed by atoms with Gasteiger partial charge >= 0.3 is 0 Å². The van der Waals surface area contributed by atoms with Gasteiger partial charge in [-0.3, -0.25) is 4.79 Å². The minimum atomic E-state index is -0.552. The van der Waals surface area contributed by atoms with E-state index in [9.17, 15) is 9.18 Å². The number of hydrazine groups is 1. The van der Waals surface area contributed by atoms with Crippen LogP contribution in [0.15, 0.2) is 30.6 Å². The number of hydrogen-bond donors (Lipinski definition) is 3. The van der Waals surface area contributed by atoms with E-state index in [1.54, 1.807) is 6.92 Å². The SMILES string of the molecule is CCOc1ccc(NC(=O)c2cnc(NN)cn2)cc1F. The van der Waals surface area contributed by atoms with Crippen molar-refractivity contribution in [3.05, 3.63) is 42.1 Å². The Morgan fingerprint density at radius 3 is 2.76 bits per heavy atom. The summed E-state index contributed by atoms with van der Waals surface area (Å²) in [5.41, 5.74) is 2.68. The molecule has 7 nitrogen and oxygen atoms in total. The van der Waals surface area contributed by atoms with Crippen LogP contribution in [0.2, 0.25) is 0 Å². The summed E-state index contributed by atoms with van der Waals surface area (Å²) >= 11 is 0. The van der Waals surface area contributed by atoms with Gasteiger partial charge in [-0.15, -0.1) is 0 Å². The summed E-state index contributed by atoms with van der Waals surface area (Å²) in [6.45, 7) is 2.12. The quantitative estimate of drug-likeness (QED) is 0.570. The van der Waals surface area contributed by atoms with Crippen LogP contribution in [-0.2, 0) is 0 Å². The summed E-state index contributed by atoms with van der Waals surface area (Å²) < 4.78 is 18.7. The highest BCUT2D eigenvalue weighted by molar-refractivity contribution is 6.02. The monoisotopic (exact) mass is 291 g/mol. The fraction of sp³-hybridized carbons (Fsp3) is 0.154. The molecule has 0 saturated heterocycles. The number of aromatic nitrogens is 2. The molecule has 8 heteroatoms. The number of carbonyl (C=O) groups is 1. The molecule has 1 aromatic heterocycles. The molecular weight excluding hydrogens is 277 g/mol. The van der Waals surface area contributed by atoms with E-state index in [-0.39, 0.29) is 11.4 Å². The van der Waals surface area contributed by atoms with Crippen molar-refractivity contribution in [2.24, 2.45) is 5.84 Å². The molecule has 4 N–H and O–H groups in total. The average molecular weight is 291 g/mol. The van der Waals surface area contributed by atoms with Crippen LogP contribution in [0.4, 0.5) is 15.9 Å². The molecule has 1 aromatic carbocycles. The Kier molecular flexibility index (Phi) is 4.62. The number of nitrogen functional groups attached to an aromatic ring is 1. The molecule has 0 aliphatic rings. The first-order valence-electron chi connectivity index (χ1n) is 6.16.